The number of halogens is 1. The summed E-state index contributed by atoms with van der Waals surface area (Å²) in [7, 11) is 1.33. The minimum absolute atomic E-state index is 0.0145. The highest BCUT2D eigenvalue weighted by Gasteiger charge is 2.38. The molecule has 0 bridgehead atoms. The molecule has 2 aliphatic rings. The molecule has 1 atom stereocenters. The highest BCUT2D eigenvalue weighted by Crippen LogP contribution is 2.33. The van der Waals surface area contributed by atoms with E-state index >= 15 is 0 Å². The predicted molar refractivity (Wildman–Crippen MR) is 97.5 cm³/mol. The van der Waals surface area contributed by atoms with E-state index in [0.29, 0.717) is 23.4 Å². The zero-order valence-electron chi connectivity index (χ0n) is 14.3. The van der Waals surface area contributed by atoms with E-state index in [2.05, 4.69) is 15.9 Å². The normalized spacial score (nSPS) is 22.2. The van der Waals surface area contributed by atoms with Crippen molar-refractivity contribution < 1.29 is 19.1 Å². The number of methoxy groups -OCH3 is 1. The van der Waals surface area contributed by atoms with E-state index in [4.69, 9.17) is 9.47 Å². The van der Waals surface area contributed by atoms with Gasteiger partial charge in [0.05, 0.1) is 30.9 Å². The molecule has 0 N–H and O–H groups in total. The quantitative estimate of drug-likeness (QED) is 0.569. The molecule has 1 fully saturated rings. The molecule has 132 valence electrons. The van der Waals surface area contributed by atoms with Crippen molar-refractivity contribution in [3.8, 4) is 0 Å². The van der Waals surface area contributed by atoms with Crippen molar-refractivity contribution in [1.29, 1.82) is 0 Å². The van der Waals surface area contributed by atoms with Crippen molar-refractivity contribution >= 4 is 33.9 Å². The smallest absolute Gasteiger partial charge is 0.340 e. The van der Waals surface area contributed by atoms with Crippen molar-refractivity contribution in [2.24, 2.45) is 0 Å². The number of nitrogens with zero attached hydrogens (tertiary/aromatic N) is 1. The van der Waals surface area contributed by atoms with Crippen LogP contribution in [0.3, 0.4) is 0 Å². The van der Waals surface area contributed by atoms with E-state index in [9.17, 15) is 9.59 Å². The zero-order valence-corrected chi connectivity index (χ0v) is 15.8. The Kier molecular flexibility index (Phi) is 5.39. The van der Waals surface area contributed by atoms with Crippen LogP contribution in [-0.4, -0.2) is 43.1 Å². The van der Waals surface area contributed by atoms with Crippen LogP contribution >= 0.6 is 15.9 Å². The van der Waals surface area contributed by atoms with Crippen LogP contribution in [0.1, 0.15) is 25.3 Å². The molecule has 0 aromatic heterocycles. The fraction of sp³-hybridized carbons (Fsp3) is 0.368. The summed E-state index contributed by atoms with van der Waals surface area (Å²) in [5.41, 5.74) is 2.13. The number of rotatable bonds is 4. The number of esters is 1. The second kappa shape index (κ2) is 7.54. The molecule has 3 rings (SSSR count). The minimum atomic E-state index is -0.501. The molecule has 25 heavy (non-hydrogen) atoms. The summed E-state index contributed by atoms with van der Waals surface area (Å²) in [4.78, 5) is 26.9. The molecule has 0 spiro atoms. The SMILES string of the molecule is COC(=O)C1=C(C)N(CC2CCCO2)C(=O)/C1=C\c1ccccc1Br. The third kappa shape index (κ3) is 3.55. The van der Waals surface area contributed by atoms with Crippen LogP contribution in [0, 0.1) is 0 Å². The number of carbonyl (C=O) groups excluding carboxylic acids is 2. The van der Waals surface area contributed by atoms with E-state index in [0.717, 1.165) is 29.5 Å². The van der Waals surface area contributed by atoms with Gasteiger partial charge < -0.3 is 14.4 Å². The molecular formula is C19H20BrNO4. The number of benzene rings is 1. The Labute approximate surface area is 155 Å². The van der Waals surface area contributed by atoms with Gasteiger partial charge in [0.1, 0.15) is 0 Å². The molecule has 0 aliphatic carbocycles. The first kappa shape index (κ1) is 17.9. The second-order valence-electron chi connectivity index (χ2n) is 6.08. The lowest BCUT2D eigenvalue weighted by Gasteiger charge is -2.21. The Balaban J connectivity index is 2.00. The van der Waals surface area contributed by atoms with Crippen molar-refractivity contribution in [3.05, 3.63) is 51.1 Å². The lowest BCUT2D eigenvalue weighted by molar-refractivity contribution is -0.136. The number of amides is 1. The molecule has 1 aromatic rings. The first-order valence-corrected chi connectivity index (χ1v) is 9.01. The van der Waals surface area contributed by atoms with Crippen LogP contribution in [0.4, 0.5) is 0 Å². The first-order chi connectivity index (χ1) is 12.0. The molecule has 2 aliphatic heterocycles. The zero-order chi connectivity index (χ0) is 18.0. The summed E-state index contributed by atoms with van der Waals surface area (Å²) in [6.07, 6.45) is 3.67. The van der Waals surface area contributed by atoms with Crippen molar-refractivity contribution in [1.82, 2.24) is 4.90 Å². The maximum Gasteiger partial charge on any atom is 0.340 e. The van der Waals surface area contributed by atoms with Gasteiger partial charge in [-0.25, -0.2) is 4.79 Å². The molecule has 1 aromatic carbocycles. The van der Waals surface area contributed by atoms with Crippen LogP contribution in [0.2, 0.25) is 0 Å². The number of hydrogen-bond donors (Lipinski definition) is 0. The van der Waals surface area contributed by atoms with Crippen LogP contribution in [0.25, 0.3) is 6.08 Å². The predicted octanol–water partition coefficient (Wildman–Crippen LogP) is 3.30. The summed E-state index contributed by atoms with van der Waals surface area (Å²) < 4.78 is 11.4. The third-order valence-electron chi connectivity index (χ3n) is 4.52. The van der Waals surface area contributed by atoms with E-state index in [1.807, 2.05) is 24.3 Å². The summed E-state index contributed by atoms with van der Waals surface area (Å²) in [5.74, 6) is -0.692. The van der Waals surface area contributed by atoms with Gasteiger partial charge in [-0.15, -0.1) is 0 Å². The summed E-state index contributed by atoms with van der Waals surface area (Å²) in [5, 5.41) is 0. The van der Waals surface area contributed by atoms with Crippen molar-refractivity contribution in [2.75, 3.05) is 20.3 Å². The van der Waals surface area contributed by atoms with Crippen LogP contribution in [0.5, 0.6) is 0 Å². The Morgan fingerprint density at radius 1 is 1.44 bits per heavy atom. The van der Waals surface area contributed by atoms with Gasteiger partial charge in [0.25, 0.3) is 5.91 Å². The number of ether oxygens (including phenoxy) is 2. The molecular weight excluding hydrogens is 386 g/mol. The maximum atomic E-state index is 13.0. The van der Waals surface area contributed by atoms with Gasteiger partial charge in [0.15, 0.2) is 0 Å². The van der Waals surface area contributed by atoms with Crippen LogP contribution < -0.4 is 0 Å². The van der Waals surface area contributed by atoms with Gasteiger partial charge in [-0.05, 0) is 37.5 Å². The molecule has 6 heteroatoms. The third-order valence-corrected chi connectivity index (χ3v) is 5.24. The Morgan fingerprint density at radius 2 is 2.20 bits per heavy atom. The van der Waals surface area contributed by atoms with Gasteiger partial charge in [-0.2, -0.15) is 0 Å². The summed E-state index contributed by atoms with van der Waals surface area (Å²) in [6, 6.07) is 7.56. The lowest BCUT2D eigenvalue weighted by Crippen LogP contribution is -2.33. The van der Waals surface area contributed by atoms with Gasteiger partial charge >= 0.3 is 5.97 Å². The Bertz CT molecular complexity index is 762. The molecule has 1 saturated heterocycles. The largest absolute Gasteiger partial charge is 0.465 e. The Hall–Kier alpha value is -1.92. The topological polar surface area (TPSA) is 55.8 Å². The average Bonchev–Trinajstić information content (AvgIpc) is 3.19. The van der Waals surface area contributed by atoms with Gasteiger partial charge in [-0.3, -0.25) is 4.79 Å². The van der Waals surface area contributed by atoms with Crippen molar-refractivity contribution in [2.45, 2.75) is 25.9 Å². The maximum absolute atomic E-state index is 13.0. The molecule has 5 nitrogen and oxygen atoms in total. The van der Waals surface area contributed by atoms with Gasteiger partial charge in [0, 0.05) is 16.8 Å². The van der Waals surface area contributed by atoms with Crippen molar-refractivity contribution in [3.63, 3.8) is 0 Å². The standard InChI is InChI=1S/C19H20BrNO4/c1-12-17(19(23)24-2)15(10-13-6-3-4-8-16(13)20)18(22)21(12)11-14-7-5-9-25-14/h3-4,6,8,10,14H,5,7,9,11H2,1-2H3/b15-10-. The van der Waals surface area contributed by atoms with E-state index in [1.165, 1.54) is 7.11 Å². The van der Waals surface area contributed by atoms with E-state index in [1.54, 1.807) is 17.9 Å². The minimum Gasteiger partial charge on any atom is -0.465 e. The average molecular weight is 406 g/mol. The lowest BCUT2D eigenvalue weighted by atomic mass is 10.0. The number of carbonyl (C=O) groups is 2. The Morgan fingerprint density at radius 3 is 2.84 bits per heavy atom. The number of hydrogen-bond acceptors (Lipinski definition) is 4. The summed E-state index contributed by atoms with van der Waals surface area (Å²) in [6.45, 7) is 2.96. The molecule has 1 amide bonds. The van der Waals surface area contributed by atoms with Crippen LogP contribution in [-0.2, 0) is 19.1 Å². The molecule has 1 unspecified atom stereocenters. The molecule has 0 radical (unpaired) electrons. The fourth-order valence-electron chi connectivity index (χ4n) is 3.19. The second-order valence-corrected chi connectivity index (χ2v) is 6.94. The highest BCUT2D eigenvalue weighted by molar-refractivity contribution is 9.10. The van der Waals surface area contributed by atoms with Gasteiger partial charge in [-0.1, -0.05) is 34.1 Å². The fourth-order valence-corrected chi connectivity index (χ4v) is 3.59. The number of allylic oxidation sites excluding steroid dienone is 1. The summed E-state index contributed by atoms with van der Waals surface area (Å²) >= 11 is 3.48. The van der Waals surface area contributed by atoms with E-state index < -0.39 is 5.97 Å². The van der Waals surface area contributed by atoms with E-state index in [-0.39, 0.29) is 12.0 Å². The molecule has 2 heterocycles. The van der Waals surface area contributed by atoms with Gasteiger partial charge in [0.2, 0.25) is 0 Å². The monoisotopic (exact) mass is 405 g/mol. The molecule has 0 saturated carbocycles. The van der Waals surface area contributed by atoms with Crippen LogP contribution in [0.15, 0.2) is 45.6 Å². The highest BCUT2D eigenvalue weighted by atomic mass is 79.9. The first-order valence-electron chi connectivity index (χ1n) is 8.22.